The molecule has 0 amide bonds. The summed E-state index contributed by atoms with van der Waals surface area (Å²) in [6, 6.07) is 16.4. The van der Waals surface area contributed by atoms with Crippen LogP contribution < -0.4 is 5.32 Å². The average Bonchev–Trinajstić information content (AvgIpc) is 3.11. The number of hydrogen-bond donors (Lipinski definition) is 1. The minimum absolute atomic E-state index is 0.709. The van der Waals surface area contributed by atoms with Gasteiger partial charge < -0.3 is 5.32 Å². The number of nitrogens with one attached hydrogen (secondary N) is 1. The molecule has 0 atom stereocenters. The van der Waals surface area contributed by atoms with E-state index in [0.29, 0.717) is 5.82 Å². The number of pyridine rings is 1. The van der Waals surface area contributed by atoms with Crippen molar-refractivity contribution in [1.29, 1.82) is 0 Å². The molecule has 1 aromatic carbocycles. The van der Waals surface area contributed by atoms with Gasteiger partial charge in [0.25, 0.3) is 0 Å². The van der Waals surface area contributed by atoms with Crippen LogP contribution in [0.15, 0.2) is 60.9 Å². The summed E-state index contributed by atoms with van der Waals surface area (Å²) in [7, 11) is 0. The quantitative estimate of drug-likeness (QED) is 0.557. The van der Waals surface area contributed by atoms with Gasteiger partial charge in [-0.3, -0.25) is 4.98 Å². The lowest BCUT2D eigenvalue weighted by Gasteiger charge is -2.09. The number of fused-ring (bicyclic) bond motifs is 1. The van der Waals surface area contributed by atoms with Crippen LogP contribution >= 0.6 is 11.3 Å². The summed E-state index contributed by atoms with van der Waals surface area (Å²) >= 11 is 1.73. The van der Waals surface area contributed by atoms with Crippen molar-refractivity contribution in [3.63, 3.8) is 0 Å². The first-order valence-corrected chi connectivity index (χ1v) is 9.14. The SMILES string of the molecule is CCc1cc2c(NCc3ccccc3)nc(-c3cccnc3)nc2s1. The molecule has 0 aliphatic rings. The van der Waals surface area contributed by atoms with Gasteiger partial charge in [0, 0.05) is 29.4 Å². The number of anilines is 1. The molecule has 0 fully saturated rings. The Labute approximate surface area is 150 Å². The van der Waals surface area contributed by atoms with E-state index in [0.717, 1.165) is 34.6 Å². The molecular weight excluding hydrogens is 328 g/mol. The van der Waals surface area contributed by atoms with Crippen LogP contribution in [0.1, 0.15) is 17.4 Å². The van der Waals surface area contributed by atoms with E-state index in [9.17, 15) is 0 Å². The molecule has 0 radical (unpaired) electrons. The zero-order valence-corrected chi connectivity index (χ0v) is 14.8. The Bertz CT molecular complexity index is 981. The van der Waals surface area contributed by atoms with E-state index in [1.54, 1.807) is 23.7 Å². The first kappa shape index (κ1) is 15.7. The van der Waals surface area contributed by atoms with Crippen LogP contribution in [-0.4, -0.2) is 15.0 Å². The lowest BCUT2D eigenvalue weighted by molar-refractivity contribution is 1.11. The van der Waals surface area contributed by atoms with Gasteiger partial charge in [0.05, 0.1) is 5.39 Å². The second kappa shape index (κ2) is 6.99. The summed E-state index contributed by atoms with van der Waals surface area (Å²) in [6.45, 7) is 2.90. The number of rotatable bonds is 5. The van der Waals surface area contributed by atoms with Crippen LogP contribution in [0.3, 0.4) is 0 Å². The van der Waals surface area contributed by atoms with Crippen molar-refractivity contribution in [2.45, 2.75) is 19.9 Å². The lowest BCUT2D eigenvalue weighted by Crippen LogP contribution is -2.03. The van der Waals surface area contributed by atoms with E-state index in [1.807, 2.05) is 30.3 Å². The smallest absolute Gasteiger partial charge is 0.164 e. The Morgan fingerprint density at radius 1 is 1.04 bits per heavy atom. The highest BCUT2D eigenvalue weighted by Crippen LogP contribution is 2.31. The monoisotopic (exact) mass is 346 g/mol. The Morgan fingerprint density at radius 3 is 2.68 bits per heavy atom. The molecule has 0 unspecified atom stereocenters. The van der Waals surface area contributed by atoms with Gasteiger partial charge in [-0.25, -0.2) is 9.97 Å². The molecule has 0 bridgehead atoms. The van der Waals surface area contributed by atoms with Crippen LogP contribution in [0.2, 0.25) is 0 Å². The molecule has 4 nitrogen and oxygen atoms in total. The fraction of sp³-hybridized carbons (Fsp3) is 0.150. The molecular formula is C20H18N4S. The molecule has 4 rings (SSSR count). The van der Waals surface area contributed by atoms with Crippen LogP contribution in [0.25, 0.3) is 21.6 Å². The topological polar surface area (TPSA) is 50.7 Å². The summed E-state index contributed by atoms with van der Waals surface area (Å²) in [5.74, 6) is 1.59. The van der Waals surface area contributed by atoms with Crippen molar-refractivity contribution in [3.05, 3.63) is 71.4 Å². The highest BCUT2D eigenvalue weighted by Gasteiger charge is 2.12. The van der Waals surface area contributed by atoms with Gasteiger partial charge in [0.2, 0.25) is 0 Å². The highest BCUT2D eigenvalue weighted by molar-refractivity contribution is 7.18. The third-order valence-corrected chi connectivity index (χ3v) is 5.19. The van der Waals surface area contributed by atoms with Gasteiger partial charge in [-0.1, -0.05) is 37.3 Å². The third kappa shape index (κ3) is 3.37. The molecule has 4 aromatic rings. The minimum Gasteiger partial charge on any atom is -0.365 e. The summed E-state index contributed by atoms with van der Waals surface area (Å²) < 4.78 is 0. The van der Waals surface area contributed by atoms with Crippen molar-refractivity contribution < 1.29 is 0 Å². The number of aryl methyl sites for hydroxylation is 1. The van der Waals surface area contributed by atoms with E-state index in [1.165, 1.54) is 10.4 Å². The number of aromatic nitrogens is 3. The molecule has 1 N–H and O–H groups in total. The Morgan fingerprint density at radius 2 is 1.92 bits per heavy atom. The Balaban J connectivity index is 1.76. The van der Waals surface area contributed by atoms with Gasteiger partial charge in [-0.15, -0.1) is 11.3 Å². The predicted molar refractivity (Wildman–Crippen MR) is 104 cm³/mol. The second-order valence-electron chi connectivity index (χ2n) is 5.76. The van der Waals surface area contributed by atoms with E-state index in [4.69, 9.17) is 9.97 Å². The maximum absolute atomic E-state index is 4.78. The molecule has 0 saturated heterocycles. The van der Waals surface area contributed by atoms with Crippen LogP contribution in [0, 0.1) is 0 Å². The third-order valence-electron chi connectivity index (χ3n) is 4.01. The van der Waals surface area contributed by atoms with Gasteiger partial charge in [-0.05, 0) is 30.2 Å². The zero-order chi connectivity index (χ0) is 17.1. The van der Waals surface area contributed by atoms with E-state index >= 15 is 0 Å². The Kier molecular flexibility index (Phi) is 4.39. The van der Waals surface area contributed by atoms with Gasteiger partial charge in [-0.2, -0.15) is 0 Å². The largest absolute Gasteiger partial charge is 0.365 e. The summed E-state index contributed by atoms with van der Waals surface area (Å²) in [5.41, 5.74) is 2.15. The summed E-state index contributed by atoms with van der Waals surface area (Å²) in [4.78, 5) is 16.1. The minimum atomic E-state index is 0.709. The van der Waals surface area contributed by atoms with Crippen LogP contribution in [0.5, 0.6) is 0 Å². The van der Waals surface area contributed by atoms with Gasteiger partial charge in [0.15, 0.2) is 5.82 Å². The van der Waals surface area contributed by atoms with Gasteiger partial charge >= 0.3 is 0 Å². The highest BCUT2D eigenvalue weighted by atomic mass is 32.1. The maximum Gasteiger partial charge on any atom is 0.164 e. The van der Waals surface area contributed by atoms with E-state index in [-0.39, 0.29) is 0 Å². The molecule has 0 saturated carbocycles. The molecule has 0 spiro atoms. The summed E-state index contributed by atoms with van der Waals surface area (Å²) in [6.07, 6.45) is 4.56. The van der Waals surface area contributed by atoms with Gasteiger partial charge in [0.1, 0.15) is 10.6 Å². The number of hydrogen-bond acceptors (Lipinski definition) is 5. The van der Waals surface area contributed by atoms with Crippen molar-refractivity contribution in [2.75, 3.05) is 5.32 Å². The van der Waals surface area contributed by atoms with Crippen LogP contribution in [-0.2, 0) is 13.0 Å². The van der Waals surface area contributed by atoms with E-state index < -0.39 is 0 Å². The molecule has 124 valence electrons. The molecule has 3 aromatic heterocycles. The molecule has 0 aliphatic heterocycles. The number of benzene rings is 1. The fourth-order valence-electron chi connectivity index (χ4n) is 2.69. The average molecular weight is 346 g/mol. The predicted octanol–water partition coefficient (Wildman–Crippen LogP) is 4.93. The molecule has 25 heavy (non-hydrogen) atoms. The number of nitrogens with zero attached hydrogens (tertiary/aromatic N) is 3. The van der Waals surface area contributed by atoms with Crippen molar-refractivity contribution in [3.8, 4) is 11.4 Å². The maximum atomic E-state index is 4.78. The second-order valence-corrected chi connectivity index (χ2v) is 6.88. The van der Waals surface area contributed by atoms with Crippen molar-refractivity contribution >= 4 is 27.4 Å². The molecule has 5 heteroatoms. The normalized spacial score (nSPS) is 10.9. The van der Waals surface area contributed by atoms with Crippen molar-refractivity contribution in [2.24, 2.45) is 0 Å². The lowest BCUT2D eigenvalue weighted by atomic mass is 10.2. The number of thiophene rings is 1. The van der Waals surface area contributed by atoms with E-state index in [2.05, 4.69) is 35.4 Å². The van der Waals surface area contributed by atoms with Crippen LogP contribution in [0.4, 0.5) is 5.82 Å². The molecule has 3 heterocycles. The first-order chi connectivity index (χ1) is 12.3. The first-order valence-electron chi connectivity index (χ1n) is 8.32. The zero-order valence-electron chi connectivity index (χ0n) is 13.9. The Hall–Kier alpha value is -2.79. The summed E-state index contributed by atoms with van der Waals surface area (Å²) in [5, 5.41) is 4.58. The standard InChI is InChI=1S/C20H18N4S/c1-2-16-11-17-19(22-12-14-7-4-3-5-8-14)23-18(24-20(17)25-16)15-9-6-10-21-13-15/h3-11,13H,2,12H2,1H3,(H,22,23,24). The fourth-order valence-corrected chi connectivity index (χ4v) is 3.65. The van der Waals surface area contributed by atoms with Crippen molar-refractivity contribution in [1.82, 2.24) is 15.0 Å². The molecule has 0 aliphatic carbocycles.